The van der Waals surface area contributed by atoms with Crippen LogP contribution in [0.25, 0.3) is 18.2 Å². The zero-order chi connectivity index (χ0) is 36.0. The third-order valence-corrected chi connectivity index (χ3v) is 10.7. The van der Waals surface area contributed by atoms with Gasteiger partial charge < -0.3 is 19.3 Å². The molecule has 10 heteroatoms. The highest BCUT2D eigenvalue weighted by Crippen LogP contribution is 2.53. The smallest absolute Gasteiger partial charge is 0.238 e. The van der Waals surface area contributed by atoms with Crippen LogP contribution < -0.4 is 19.1 Å². The zero-order valence-electron chi connectivity index (χ0n) is 28.1. The lowest BCUT2D eigenvalue weighted by Gasteiger charge is -2.41. The fourth-order valence-electron chi connectivity index (χ4n) is 7.63. The lowest BCUT2D eigenvalue weighted by atomic mass is 9.61. The van der Waals surface area contributed by atoms with Crippen LogP contribution in [0.1, 0.15) is 29.5 Å². The van der Waals surface area contributed by atoms with Gasteiger partial charge in [-0.05, 0) is 88.3 Å². The van der Waals surface area contributed by atoms with E-state index in [0.29, 0.717) is 46.1 Å². The number of hydrogen-bond donors (Lipinski definition) is 1. The van der Waals surface area contributed by atoms with E-state index in [0.717, 1.165) is 16.7 Å². The number of rotatable bonds is 8. The number of halogens is 1. The summed E-state index contributed by atoms with van der Waals surface area (Å²) in [6, 6.07) is 17.6. The largest absolute Gasteiger partial charge is 0.504 e. The minimum atomic E-state index is -0.691. The summed E-state index contributed by atoms with van der Waals surface area (Å²) in [5.74, 6) is -1.79. The van der Waals surface area contributed by atoms with Crippen LogP contribution in [0.4, 0.5) is 5.69 Å². The van der Waals surface area contributed by atoms with Gasteiger partial charge in [0, 0.05) is 28.7 Å². The first-order chi connectivity index (χ1) is 24.6. The Hall–Kier alpha value is -5.48. The first-order valence-electron chi connectivity index (χ1n) is 16.5. The third kappa shape index (κ3) is 6.03. The number of amides is 2. The molecule has 1 fully saturated rings. The van der Waals surface area contributed by atoms with Gasteiger partial charge in [-0.25, -0.2) is 0 Å². The van der Waals surface area contributed by atoms with Crippen LogP contribution in [-0.4, -0.2) is 49.8 Å². The van der Waals surface area contributed by atoms with Gasteiger partial charge in [0.25, 0.3) is 0 Å². The van der Waals surface area contributed by atoms with Crippen molar-refractivity contribution in [2.45, 2.75) is 12.8 Å². The number of methoxy groups -OCH3 is 3. The van der Waals surface area contributed by atoms with Gasteiger partial charge in [-0.3, -0.25) is 24.1 Å². The molecule has 0 bridgehead atoms. The van der Waals surface area contributed by atoms with Gasteiger partial charge in [0.05, 0.1) is 43.3 Å². The van der Waals surface area contributed by atoms with Crippen molar-refractivity contribution < 1.29 is 38.5 Å². The van der Waals surface area contributed by atoms with E-state index in [1.54, 1.807) is 38.5 Å². The van der Waals surface area contributed by atoms with Crippen LogP contribution >= 0.6 is 15.9 Å². The second-order valence-corrected chi connectivity index (χ2v) is 13.6. The molecule has 0 radical (unpaired) electrons. The number of benzene rings is 3. The van der Waals surface area contributed by atoms with Crippen LogP contribution in [0.5, 0.6) is 23.0 Å². The topological polar surface area (TPSA) is 119 Å². The number of Topliss-reactive ketones (excluding diaryl/α,β-unsaturated/α-hetero) is 1. The Morgan fingerprint density at radius 2 is 1.55 bits per heavy atom. The molecule has 3 aromatic carbocycles. The molecule has 0 saturated carbocycles. The molecule has 1 saturated heterocycles. The van der Waals surface area contributed by atoms with Gasteiger partial charge >= 0.3 is 0 Å². The molecule has 4 atom stereocenters. The van der Waals surface area contributed by atoms with Gasteiger partial charge in [0.2, 0.25) is 11.8 Å². The molecule has 9 nitrogen and oxygen atoms in total. The van der Waals surface area contributed by atoms with E-state index in [-0.39, 0.29) is 40.0 Å². The van der Waals surface area contributed by atoms with E-state index in [4.69, 9.17) is 14.2 Å². The van der Waals surface area contributed by atoms with Crippen molar-refractivity contribution in [3.05, 3.63) is 117 Å². The zero-order valence-corrected chi connectivity index (χ0v) is 29.7. The van der Waals surface area contributed by atoms with E-state index >= 15 is 0 Å². The number of phenolic OH excluding ortho intramolecular Hbond substituents is 1. The summed E-state index contributed by atoms with van der Waals surface area (Å²) in [4.78, 5) is 56.4. The predicted molar refractivity (Wildman–Crippen MR) is 196 cm³/mol. The van der Waals surface area contributed by atoms with Crippen LogP contribution in [-0.2, 0) is 19.2 Å². The Kier molecular flexibility index (Phi) is 9.12. The second kappa shape index (κ2) is 13.7. The van der Waals surface area contributed by atoms with Crippen molar-refractivity contribution in [2.24, 2.45) is 23.7 Å². The van der Waals surface area contributed by atoms with Crippen molar-refractivity contribution in [3.8, 4) is 23.0 Å². The first kappa shape index (κ1) is 34.0. The lowest BCUT2D eigenvalue weighted by molar-refractivity contribution is -0.123. The number of ketones is 2. The number of anilines is 1. The average molecular weight is 749 g/mol. The molecule has 51 heavy (non-hydrogen) atoms. The van der Waals surface area contributed by atoms with Crippen LogP contribution in [0.2, 0.25) is 0 Å². The van der Waals surface area contributed by atoms with E-state index < -0.39 is 23.7 Å². The fourth-order valence-corrected chi connectivity index (χ4v) is 8.08. The Labute approximate surface area is 303 Å². The molecule has 3 aromatic rings. The summed E-state index contributed by atoms with van der Waals surface area (Å²) in [7, 11) is 4.66. The molecule has 1 N–H and O–H groups in total. The van der Waals surface area contributed by atoms with Gasteiger partial charge in [0.1, 0.15) is 11.5 Å². The van der Waals surface area contributed by atoms with Gasteiger partial charge in [-0.2, -0.15) is 0 Å². The lowest BCUT2D eigenvalue weighted by Crippen LogP contribution is -2.40. The summed E-state index contributed by atoms with van der Waals surface area (Å²) < 4.78 is 16.2. The number of phenols is 1. The van der Waals surface area contributed by atoms with Gasteiger partial charge in [-0.1, -0.05) is 54.2 Å². The number of carbonyl (C=O) groups is 4. The van der Waals surface area contributed by atoms with Crippen LogP contribution in [0.3, 0.4) is 0 Å². The van der Waals surface area contributed by atoms with Gasteiger partial charge in [0.15, 0.2) is 23.1 Å². The Morgan fingerprint density at radius 3 is 2.27 bits per heavy atom. The van der Waals surface area contributed by atoms with Crippen molar-refractivity contribution in [2.75, 3.05) is 26.2 Å². The highest BCUT2D eigenvalue weighted by atomic mass is 79.9. The fraction of sp³-hybridized carbons (Fsp3) is 0.220. The summed E-state index contributed by atoms with van der Waals surface area (Å²) in [5, 5.41) is 10.1. The number of allylic oxidation sites excluding steroid dienone is 7. The number of hydrogen-bond acceptors (Lipinski definition) is 8. The third-order valence-electron chi connectivity index (χ3n) is 10.1. The maximum atomic E-state index is 14.3. The maximum absolute atomic E-state index is 14.3. The quantitative estimate of drug-likeness (QED) is 0.112. The number of nitrogens with zero attached hydrogens (tertiary/aromatic N) is 1. The van der Waals surface area contributed by atoms with Crippen molar-refractivity contribution >= 4 is 63.2 Å². The second-order valence-electron chi connectivity index (χ2n) is 12.8. The summed E-state index contributed by atoms with van der Waals surface area (Å²) in [5.41, 5.74) is 4.47. The van der Waals surface area contributed by atoms with Crippen LogP contribution in [0, 0.1) is 23.7 Å². The van der Waals surface area contributed by atoms with Crippen molar-refractivity contribution in [1.29, 1.82) is 0 Å². The molecule has 258 valence electrons. The molecule has 0 aromatic heterocycles. The number of aromatic hydroxyl groups is 1. The molecule has 1 heterocycles. The number of fused-ring (bicyclic) bond motifs is 3. The highest BCUT2D eigenvalue weighted by molar-refractivity contribution is 9.12. The summed E-state index contributed by atoms with van der Waals surface area (Å²) >= 11 is 3.26. The predicted octanol–water partition coefficient (Wildman–Crippen LogP) is 7.10. The number of imide groups is 1. The standard InChI is InChI=1S/C41H34BrNO8/c1-49-26-12-17-35(50-2)24(19-26)9-4-22-5-10-25(11-6-22)43-40(47)29-15-14-27-28(13-7-23-8-16-33(44)36(18-23)51-3)37-31(20-30(27)38(29)41(43)48)39(46)32(42)21-34(37)45/h4-14,16-19,21,28-30,38,44H,15,20H2,1-3H3. The SMILES string of the molecule is COc1ccc(OC)c(C=Cc2ccc(N3C(=O)C4CC=C5C(C=Cc6ccc(O)c(OC)c6)C6=C(CC5C4C3=O)C(=O)C(Br)=CC6=O)cc2)c1. The molecule has 3 aliphatic carbocycles. The minimum absolute atomic E-state index is 0.00424. The summed E-state index contributed by atoms with van der Waals surface area (Å²) in [6.45, 7) is 0. The van der Waals surface area contributed by atoms with Crippen LogP contribution in [0.15, 0.2) is 100 Å². The Balaban J connectivity index is 1.19. The van der Waals surface area contributed by atoms with Crippen molar-refractivity contribution in [3.63, 3.8) is 0 Å². The van der Waals surface area contributed by atoms with E-state index in [1.807, 2.05) is 60.7 Å². The highest BCUT2D eigenvalue weighted by Gasteiger charge is 2.56. The molecule has 2 amide bonds. The molecular formula is C41H34BrNO8. The molecule has 7 rings (SSSR count). The van der Waals surface area contributed by atoms with E-state index in [9.17, 15) is 24.3 Å². The first-order valence-corrected chi connectivity index (χ1v) is 17.2. The molecular weight excluding hydrogens is 714 g/mol. The number of ether oxygens (including phenoxy) is 3. The normalized spacial score (nSPS) is 22.9. The van der Waals surface area contributed by atoms with E-state index in [1.165, 1.54) is 24.2 Å². The van der Waals surface area contributed by atoms with Gasteiger partial charge in [-0.15, -0.1) is 0 Å². The molecule has 4 unspecified atom stereocenters. The molecule has 0 spiro atoms. The number of carbonyl (C=O) groups excluding carboxylic acids is 4. The monoisotopic (exact) mass is 747 g/mol. The summed E-state index contributed by atoms with van der Waals surface area (Å²) in [6.07, 6.45) is 11.3. The average Bonchev–Trinajstić information content (AvgIpc) is 3.40. The maximum Gasteiger partial charge on any atom is 0.238 e. The van der Waals surface area contributed by atoms with Crippen molar-refractivity contribution in [1.82, 2.24) is 0 Å². The Bertz CT molecular complexity index is 2140. The Morgan fingerprint density at radius 1 is 0.804 bits per heavy atom. The molecule has 4 aliphatic rings. The molecule has 1 aliphatic heterocycles. The minimum Gasteiger partial charge on any atom is -0.504 e. The van der Waals surface area contributed by atoms with E-state index in [2.05, 4.69) is 15.9 Å².